The number of anilines is 3. The molecule has 5 nitrogen and oxygen atoms in total. The molecule has 0 radical (unpaired) electrons. The molecule has 0 bridgehead atoms. The van der Waals surface area contributed by atoms with Crippen LogP contribution in [-0.2, 0) is 11.0 Å². The van der Waals surface area contributed by atoms with Crippen LogP contribution in [0.3, 0.4) is 0 Å². The molecule has 27 heavy (non-hydrogen) atoms. The van der Waals surface area contributed by atoms with Gasteiger partial charge in [0.05, 0.1) is 11.6 Å². The van der Waals surface area contributed by atoms with Gasteiger partial charge < -0.3 is 16.0 Å². The third-order valence-corrected chi connectivity index (χ3v) is 3.89. The highest BCUT2D eigenvalue weighted by Crippen LogP contribution is 2.29. The van der Waals surface area contributed by atoms with Gasteiger partial charge in [0.25, 0.3) is 0 Å². The topological polar surface area (TPSA) is 66.0 Å². The standard InChI is InChI=1S/C17H17F3N4O.2ClH/c18-17(19,20)11-3-8-15(22-10-11)23-12-4-6-13(7-5-12)24-16(25)14-2-1-9-21-14;;/h3-8,10,14,21H,1-2,9H2,(H,22,23)(H,24,25);2*1H. The maximum Gasteiger partial charge on any atom is 0.417 e. The third-order valence-electron chi connectivity index (χ3n) is 3.89. The largest absolute Gasteiger partial charge is 0.417 e. The number of hydrogen-bond acceptors (Lipinski definition) is 4. The highest BCUT2D eigenvalue weighted by molar-refractivity contribution is 5.95. The number of amides is 1. The van der Waals surface area contributed by atoms with Crippen molar-refractivity contribution in [2.75, 3.05) is 17.2 Å². The lowest BCUT2D eigenvalue weighted by Crippen LogP contribution is -2.35. The van der Waals surface area contributed by atoms with Crippen LogP contribution in [0, 0.1) is 0 Å². The lowest BCUT2D eigenvalue weighted by molar-refractivity contribution is -0.137. The Kier molecular flexibility index (Phi) is 8.33. The number of aromatic nitrogens is 1. The summed E-state index contributed by atoms with van der Waals surface area (Å²) in [6.07, 6.45) is -1.81. The van der Waals surface area contributed by atoms with Gasteiger partial charge >= 0.3 is 6.18 Å². The van der Waals surface area contributed by atoms with Crippen LogP contribution in [0.2, 0.25) is 0 Å². The lowest BCUT2D eigenvalue weighted by Gasteiger charge is -2.12. The monoisotopic (exact) mass is 422 g/mol. The van der Waals surface area contributed by atoms with Crippen LogP contribution in [0.5, 0.6) is 0 Å². The molecule has 0 aliphatic carbocycles. The van der Waals surface area contributed by atoms with Gasteiger partial charge in [-0.3, -0.25) is 4.79 Å². The molecule has 1 aromatic heterocycles. The Morgan fingerprint density at radius 3 is 2.26 bits per heavy atom. The van der Waals surface area contributed by atoms with Gasteiger partial charge in [-0.25, -0.2) is 4.98 Å². The summed E-state index contributed by atoms with van der Waals surface area (Å²) in [4.78, 5) is 15.8. The SMILES string of the molecule is Cl.Cl.O=C(Nc1ccc(Nc2ccc(C(F)(F)F)cn2)cc1)C1CCCN1. The van der Waals surface area contributed by atoms with E-state index in [2.05, 4.69) is 20.9 Å². The fraction of sp³-hybridized carbons (Fsp3) is 0.294. The van der Waals surface area contributed by atoms with E-state index in [9.17, 15) is 18.0 Å². The third kappa shape index (κ3) is 6.27. The summed E-state index contributed by atoms with van der Waals surface area (Å²) in [5, 5.41) is 8.87. The highest BCUT2D eigenvalue weighted by Gasteiger charge is 2.30. The summed E-state index contributed by atoms with van der Waals surface area (Å²) in [5.41, 5.74) is 0.519. The molecule has 0 spiro atoms. The molecule has 1 amide bonds. The van der Waals surface area contributed by atoms with Crippen LogP contribution in [0.1, 0.15) is 18.4 Å². The summed E-state index contributed by atoms with van der Waals surface area (Å²) in [7, 11) is 0. The number of nitrogens with one attached hydrogen (secondary N) is 3. The molecule has 2 aromatic rings. The van der Waals surface area contributed by atoms with Crippen molar-refractivity contribution in [1.82, 2.24) is 10.3 Å². The quantitative estimate of drug-likeness (QED) is 0.683. The summed E-state index contributed by atoms with van der Waals surface area (Å²) in [6.45, 7) is 0.848. The summed E-state index contributed by atoms with van der Waals surface area (Å²) in [5.74, 6) is 0.238. The van der Waals surface area contributed by atoms with Crippen molar-refractivity contribution in [3.05, 3.63) is 48.2 Å². The fourth-order valence-electron chi connectivity index (χ4n) is 2.56. The van der Waals surface area contributed by atoms with E-state index in [1.54, 1.807) is 24.3 Å². The zero-order valence-electron chi connectivity index (χ0n) is 14.0. The molecule has 1 saturated heterocycles. The first kappa shape index (κ1) is 23.0. The summed E-state index contributed by atoms with van der Waals surface area (Å²) >= 11 is 0. The lowest BCUT2D eigenvalue weighted by atomic mass is 10.2. The first-order chi connectivity index (χ1) is 11.9. The van der Waals surface area contributed by atoms with E-state index >= 15 is 0 Å². The van der Waals surface area contributed by atoms with Gasteiger partial charge in [-0.2, -0.15) is 13.2 Å². The predicted octanol–water partition coefficient (Wildman–Crippen LogP) is 4.38. The Balaban J connectivity index is 0.00000182. The Morgan fingerprint density at radius 2 is 1.74 bits per heavy atom. The Hall–Kier alpha value is -2.03. The van der Waals surface area contributed by atoms with Gasteiger partial charge in [-0.1, -0.05) is 0 Å². The van der Waals surface area contributed by atoms with E-state index in [1.165, 1.54) is 6.07 Å². The van der Waals surface area contributed by atoms with E-state index in [4.69, 9.17) is 0 Å². The van der Waals surface area contributed by atoms with E-state index < -0.39 is 11.7 Å². The van der Waals surface area contributed by atoms with Gasteiger partial charge in [-0.15, -0.1) is 24.8 Å². The second kappa shape index (κ2) is 9.77. The second-order valence-corrected chi connectivity index (χ2v) is 5.77. The molecule has 1 aliphatic heterocycles. The molecular weight excluding hydrogens is 404 g/mol. The molecule has 2 heterocycles. The number of nitrogens with zero attached hydrogens (tertiary/aromatic N) is 1. The van der Waals surface area contributed by atoms with Crippen molar-refractivity contribution in [2.24, 2.45) is 0 Å². The van der Waals surface area contributed by atoms with E-state index in [0.29, 0.717) is 17.2 Å². The number of carbonyl (C=O) groups excluding carboxylic acids is 1. The number of halogens is 5. The van der Waals surface area contributed by atoms with Gasteiger partial charge in [-0.05, 0) is 55.8 Å². The molecule has 3 rings (SSSR count). The molecule has 148 valence electrons. The molecule has 1 unspecified atom stereocenters. The van der Waals surface area contributed by atoms with Crippen molar-refractivity contribution < 1.29 is 18.0 Å². The fourth-order valence-corrected chi connectivity index (χ4v) is 2.56. The van der Waals surface area contributed by atoms with E-state index in [-0.39, 0.29) is 36.8 Å². The van der Waals surface area contributed by atoms with Crippen molar-refractivity contribution in [3.8, 4) is 0 Å². The average Bonchev–Trinajstić information content (AvgIpc) is 3.11. The van der Waals surface area contributed by atoms with Crippen LogP contribution in [-0.4, -0.2) is 23.5 Å². The van der Waals surface area contributed by atoms with Crippen LogP contribution in [0.25, 0.3) is 0 Å². The highest BCUT2D eigenvalue weighted by atomic mass is 35.5. The molecule has 10 heteroatoms. The minimum atomic E-state index is -4.40. The predicted molar refractivity (Wildman–Crippen MR) is 103 cm³/mol. The van der Waals surface area contributed by atoms with Crippen molar-refractivity contribution in [1.29, 1.82) is 0 Å². The van der Waals surface area contributed by atoms with Crippen LogP contribution in [0.15, 0.2) is 42.6 Å². The van der Waals surface area contributed by atoms with E-state index in [1.807, 2.05) is 0 Å². The van der Waals surface area contributed by atoms with Crippen LogP contribution in [0.4, 0.5) is 30.4 Å². The number of benzene rings is 1. The molecule has 3 N–H and O–H groups in total. The molecule has 1 atom stereocenters. The zero-order chi connectivity index (χ0) is 17.9. The smallest absolute Gasteiger partial charge is 0.340 e. The summed E-state index contributed by atoms with van der Waals surface area (Å²) in [6, 6.07) is 8.96. The minimum Gasteiger partial charge on any atom is -0.340 e. The van der Waals surface area contributed by atoms with Gasteiger partial charge in [0.1, 0.15) is 5.82 Å². The minimum absolute atomic E-state index is 0. The molecule has 1 fully saturated rings. The first-order valence-corrected chi connectivity index (χ1v) is 7.86. The molecular formula is C17H19Cl2F3N4O. The second-order valence-electron chi connectivity index (χ2n) is 5.77. The average molecular weight is 423 g/mol. The van der Waals surface area contributed by atoms with Crippen LogP contribution < -0.4 is 16.0 Å². The maximum atomic E-state index is 12.5. The van der Waals surface area contributed by atoms with Gasteiger partial charge in [0.15, 0.2) is 0 Å². The number of hydrogen-bond donors (Lipinski definition) is 3. The Morgan fingerprint density at radius 1 is 1.07 bits per heavy atom. The normalized spacial score (nSPS) is 16.0. The van der Waals surface area contributed by atoms with Gasteiger partial charge in [0.2, 0.25) is 5.91 Å². The van der Waals surface area contributed by atoms with Crippen LogP contribution >= 0.6 is 24.8 Å². The number of alkyl halides is 3. The van der Waals surface area contributed by atoms with Crippen molar-refractivity contribution in [2.45, 2.75) is 25.1 Å². The number of pyridine rings is 1. The molecule has 0 saturated carbocycles. The Bertz CT molecular complexity index is 733. The first-order valence-electron chi connectivity index (χ1n) is 7.86. The molecule has 1 aliphatic rings. The van der Waals surface area contributed by atoms with Gasteiger partial charge in [0, 0.05) is 17.6 Å². The molecule has 1 aromatic carbocycles. The van der Waals surface area contributed by atoms with Crippen molar-refractivity contribution in [3.63, 3.8) is 0 Å². The van der Waals surface area contributed by atoms with E-state index in [0.717, 1.165) is 31.6 Å². The van der Waals surface area contributed by atoms with Crippen molar-refractivity contribution >= 4 is 47.9 Å². The zero-order valence-corrected chi connectivity index (χ0v) is 15.7. The Labute approximate surface area is 167 Å². The summed E-state index contributed by atoms with van der Waals surface area (Å²) < 4.78 is 37.5. The number of rotatable bonds is 4. The number of carbonyl (C=O) groups is 1. The maximum absolute atomic E-state index is 12.5.